The highest BCUT2D eigenvalue weighted by Crippen LogP contribution is 2.30. The summed E-state index contributed by atoms with van der Waals surface area (Å²) in [6.07, 6.45) is 0.804. The molecule has 94 valence electrons. The minimum atomic E-state index is 0.468. The molecule has 0 radical (unpaired) electrons. The Morgan fingerprint density at radius 1 is 1.11 bits per heavy atom. The van der Waals surface area contributed by atoms with Crippen molar-refractivity contribution in [3.8, 4) is 11.4 Å². The molecule has 0 fully saturated rings. The van der Waals surface area contributed by atoms with Crippen molar-refractivity contribution in [2.45, 2.75) is 13.3 Å². The summed E-state index contributed by atoms with van der Waals surface area (Å²) in [6, 6.07) is 5.87. The molecule has 0 atom stereocenters. The highest BCUT2D eigenvalue weighted by molar-refractivity contribution is 9.13. The van der Waals surface area contributed by atoms with E-state index in [-0.39, 0.29) is 0 Å². The zero-order valence-corrected chi connectivity index (χ0v) is 14.3. The third-order valence-electron chi connectivity index (χ3n) is 2.46. The maximum absolute atomic E-state index is 5.88. The van der Waals surface area contributed by atoms with E-state index in [0.29, 0.717) is 11.6 Å². The Labute approximate surface area is 131 Å². The molecule has 0 aliphatic heterocycles. The van der Waals surface area contributed by atoms with Crippen LogP contribution in [0.25, 0.3) is 11.4 Å². The van der Waals surface area contributed by atoms with Gasteiger partial charge in [0.25, 0.3) is 0 Å². The van der Waals surface area contributed by atoms with E-state index in [0.717, 1.165) is 31.1 Å². The number of rotatable bonds is 2. The van der Waals surface area contributed by atoms with Crippen LogP contribution < -0.4 is 5.73 Å². The number of halogens is 3. The molecule has 3 nitrogen and oxygen atoms in total. The summed E-state index contributed by atoms with van der Waals surface area (Å²) in [7, 11) is 0. The Morgan fingerprint density at radius 2 is 1.83 bits per heavy atom. The fourth-order valence-electron chi connectivity index (χ4n) is 1.51. The largest absolute Gasteiger partial charge is 0.383 e. The SMILES string of the molecule is CCc1nc(-c2ccc(Br)c(Br)c2)nc(N)c1Br. The molecular formula is C12H10Br3N3. The minimum absolute atomic E-state index is 0.468. The first kappa shape index (κ1) is 14.0. The zero-order valence-electron chi connectivity index (χ0n) is 9.54. The summed E-state index contributed by atoms with van der Waals surface area (Å²) in [5.41, 5.74) is 7.73. The smallest absolute Gasteiger partial charge is 0.161 e. The maximum Gasteiger partial charge on any atom is 0.161 e. The van der Waals surface area contributed by atoms with Crippen molar-refractivity contribution in [3.05, 3.63) is 37.3 Å². The molecule has 0 spiro atoms. The van der Waals surface area contributed by atoms with Gasteiger partial charge in [0, 0.05) is 14.5 Å². The predicted molar refractivity (Wildman–Crippen MR) is 84.4 cm³/mol. The van der Waals surface area contributed by atoms with Crippen molar-refractivity contribution in [2.24, 2.45) is 0 Å². The van der Waals surface area contributed by atoms with Gasteiger partial charge in [-0.05, 0) is 72.4 Å². The molecule has 0 aliphatic rings. The van der Waals surface area contributed by atoms with E-state index in [1.54, 1.807) is 0 Å². The van der Waals surface area contributed by atoms with Crippen LogP contribution in [0.15, 0.2) is 31.6 Å². The summed E-state index contributed by atoms with van der Waals surface area (Å²) < 4.78 is 2.74. The molecule has 0 saturated carbocycles. The second-order valence-corrected chi connectivity index (χ2v) is 6.18. The van der Waals surface area contributed by atoms with E-state index in [1.807, 2.05) is 25.1 Å². The third-order valence-corrected chi connectivity index (χ3v) is 5.20. The number of hydrogen-bond donors (Lipinski definition) is 1. The molecule has 0 aliphatic carbocycles. The van der Waals surface area contributed by atoms with E-state index in [1.165, 1.54) is 0 Å². The van der Waals surface area contributed by atoms with Crippen LogP contribution in [0.3, 0.4) is 0 Å². The topological polar surface area (TPSA) is 51.8 Å². The lowest BCUT2D eigenvalue weighted by molar-refractivity contribution is 0.995. The van der Waals surface area contributed by atoms with Gasteiger partial charge >= 0.3 is 0 Å². The third kappa shape index (κ3) is 2.75. The van der Waals surface area contributed by atoms with Gasteiger partial charge in [0.1, 0.15) is 5.82 Å². The Kier molecular flexibility index (Phi) is 4.40. The van der Waals surface area contributed by atoms with Crippen molar-refractivity contribution in [1.82, 2.24) is 9.97 Å². The second kappa shape index (κ2) is 5.67. The molecule has 18 heavy (non-hydrogen) atoms. The molecule has 6 heteroatoms. The van der Waals surface area contributed by atoms with Crippen LogP contribution in [-0.4, -0.2) is 9.97 Å². The van der Waals surface area contributed by atoms with Crippen LogP contribution in [0.4, 0.5) is 5.82 Å². The van der Waals surface area contributed by atoms with Crippen molar-refractivity contribution < 1.29 is 0 Å². The molecular weight excluding hydrogens is 426 g/mol. The average molecular weight is 436 g/mol. The maximum atomic E-state index is 5.88. The standard InChI is InChI=1S/C12H10Br3N3/c1-2-9-10(15)11(16)18-12(17-9)6-3-4-7(13)8(14)5-6/h3-5H,2H2,1H3,(H2,16,17,18). The molecule has 0 amide bonds. The van der Waals surface area contributed by atoms with Gasteiger partial charge < -0.3 is 5.73 Å². The molecule has 1 aromatic heterocycles. The van der Waals surface area contributed by atoms with E-state index >= 15 is 0 Å². The summed E-state index contributed by atoms with van der Waals surface area (Å²) in [5, 5.41) is 0. The van der Waals surface area contributed by atoms with E-state index < -0.39 is 0 Å². The summed E-state index contributed by atoms with van der Waals surface area (Å²) in [5.74, 6) is 1.11. The lowest BCUT2D eigenvalue weighted by atomic mass is 10.2. The number of nitrogens with zero attached hydrogens (tertiary/aromatic N) is 2. The number of benzene rings is 1. The number of nitrogens with two attached hydrogens (primary N) is 1. The summed E-state index contributed by atoms with van der Waals surface area (Å²) in [6.45, 7) is 2.04. The van der Waals surface area contributed by atoms with Gasteiger partial charge in [-0.3, -0.25) is 0 Å². The lowest BCUT2D eigenvalue weighted by Crippen LogP contribution is -2.02. The molecule has 1 aromatic carbocycles. The van der Waals surface area contributed by atoms with Crippen LogP contribution in [0.5, 0.6) is 0 Å². The van der Waals surface area contributed by atoms with Gasteiger partial charge in [0.15, 0.2) is 5.82 Å². The Morgan fingerprint density at radius 3 is 2.44 bits per heavy atom. The van der Waals surface area contributed by atoms with Crippen molar-refractivity contribution in [2.75, 3.05) is 5.73 Å². The van der Waals surface area contributed by atoms with Crippen LogP contribution in [0.2, 0.25) is 0 Å². The summed E-state index contributed by atoms with van der Waals surface area (Å²) in [4.78, 5) is 8.82. The second-order valence-electron chi connectivity index (χ2n) is 3.68. The molecule has 0 unspecified atom stereocenters. The number of aromatic nitrogens is 2. The predicted octanol–water partition coefficient (Wildman–Crippen LogP) is 4.58. The van der Waals surface area contributed by atoms with Crippen LogP contribution in [0.1, 0.15) is 12.6 Å². The Balaban J connectivity index is 2.57. The first-order valence-corrected chi connectivity index (χ1v) is 7.68. The molecule has 2 rings (SSSR count). The van der Waals surface area contributed by atoms with Gasteiger partial charge in [0.05, 0.1) is 10.2 Å². The van der Waals surface area contributed by atoms with E-state index in [2.05, 4.69) is 57.8 Å². The van der Waals surface area contributed by atoms with E-state index in [4.69, 9.17) is 5.73 Å². The minimum Gasteiger partial charge on any atom is -0.383 e. The highest BCUT2D eigenvalue weighted by atomic mass is 79.9. The Bertz CT molecular complexity index is 599. The molecule has 0 saturated heterocycles. The van der Waals surface area contributed by atoms with Crippen LogP contribution in [-0.2, 0) is 6.42 Å². The number of aryl methyl sites for hydroxylation is 1. The van der Waals surface area contributed by atoms with Gasteiger partial charge in [0.2, 0.25) is 0 Å². The van der Waals surface area contributed by atoms with Gasteiger partial charge in [-0.15, -0.1) is 0 Å². The first-order chi connectivity index (χ1) is 8.52. The first-order valence-electron chi connectivity index (χ1n) is 5.30. The van der Waals surface area contributed by atoms with Crippen molar-refractivity contribution >= 4 is 53.6 Å². The molecule has 0 bridgehead atoms. The van der Waals surface area contributed by atoms with Crippen molar-refractivity contribution in [1.29, 1.82) is 0 Å². The normalized spacial score (nSPS) is 10.7. The number of nitrogen functional groups attached to an aromatic ring is 1. The van der Waals surface area contributed by atoms with Crippen LogP contribution in [0, 0.1) is 0 Å². The monoisotopic (exact) mass is 433 g/mol. The Hall–Kier alpha value is -0.460. The fourth-order valence-corrected chi connectivity index (χ4v) is 2.59. The average Bonchev–Trinajstić information content (AvgIpc) is 2.36. The lowest BCUT2D eigenvalue weighted by Gasteiger charge is -2.08. The van der Waals surface area contributed by atoms with Gasteiger partial charge in [-0.2, -0.15) is 0 Å². The van der Waals surface area contributed by atoms with Gasteiger partial charge in [-0.1, -0.05) is 6.92 Å². The quantitative estimate of drug-likeness (QED) is 0.751. The van der Waals surface area contributed by atoms with Crippen molar-refractivity contribution in [3.63, 3.8) is 0 Å². The van der Waals surface area contributed by atoms with Gasteiger partial charge in [-0.25, -0.2) is 9.97 Å². The zero-order chi connectivity index (χ0) is 13.3. The fraction of sp³-hybridized carbons (Fsp3) is 0.167. The highest BCUT2D eigenvalue weighted by Gasteiger charge is 2.11. The number of hydrogen-bond acceptors (Lipinski definition) is 3. The molecule has 2 N–H and O–H groups in total. The molecule has 2 aromatic rings. The molecule has 1 heterocycles. The number of anilines is 1. The summed E-state index contributed by atoms with van der Waals surface area (Å²) >= 11 is 10.3. The van der Waals surface area contributed by atoms with Crippen LogP contribution >= 0.6 is 47.8 Å². The van der Waals surface area contributed by atoms with E-state index in [9.17, 15) is 0 Å².